The molecule has 1 aromatic heterocycles. The maximum absolute atomic E-state index is 12.0. The number of ether oxygens (including phenoxy) is 1. The second kappa shape index (κ2) is 5.83. The van der Waals surface area contributed by atoms with E-state index in [1.54, 1.807) is 6.07 Å². The number of hydrogen-bond acceptors (Lipinski definition) is 5. The topological polar surface area (TPSA) is 76.7 Å². The maximum atomic E-state index is 12.0. The Bertz CT molecular complexity index is 784. The minimum atomic E-state index is -0.908. The van der Waals surface area contributed by atoms with Crippen molar-refractivity contribution in [3.8, 4) is 5.75 Å². The predicted octanol–water partition coefficient (Wildman–Crippen LogP) is 3.53. The van der Waals surface area contributed by atoms with E-state index in [1.807, 2.05) is 33.8 Å². The molecule has 2 rings (SSSR count). The van der Waals surface area contributed by atoms with Gasteiger partial charge in [-0.3, -0.25) is 0 Å². The van der Waals surface area contributed by atoms with Crippen LogP contribution in [0.5, 0.6) is 5.75 Å². The van der Waals surface area contributed by atoms with Crippen LogP contribution >= 0.6 is 0 Å². The summed E-state index contributed by atoms with van der Waals surface area (Å²) in [4.78, 5) is 23.7. The Labute approximate surface area is 128 Å². The first-order chi connectivity index (χ1) is 10.3. The highest BCUT2D eigenvalue weighted by Gasteiger charge is 2.24. The predicted molar refractivity (Wildman–Crippen MR) is 83.7 cm³/mol. The third kappa shape index (κ3) is 2.58. The molecule has 1 heterocycles. The van der Waals surface area contributed by atoms with E-state index in [2.05, 4.69) is 4.74 Å². The number of rotatable bonds is 3. The summed E-state index contributed by atoms with van der Waals surface area (Å²) in [5.74, 6) is -0.959. The number of aromatic hydroxyl groups is 1. The number of fused-ring (bicyclic) bond motifs is 1. The van der Waals surface area contributed by atoms with Crippen molar-refractivity contribution in [1.82, 2.24) is 0 Å². The lowest BCUT2D eigenvalue weighted by Crippen LogP contribution is -2.16. The van der Waals surface area contributed by atoms with Crippen LogP contribution in [-0.4, -0.2) is 18.2 Å². The Morgan fingerprint density at radius 3 is 2.32 bits per heavy atom. The fraction of sp³-hybridized carbons (Fsp3) is 0.412. The number of esters is 1. The summed E-state index contributed by atoms with van der Waals surface area (Å²) in [6.07, 6.45) is 0. The highest BCUT2D eigenvalue weighted by molar-refractivity contribution is 5.99. The van der Waals surface area contributed by atoms with Crippen LogP contribution in [0.2, 0.25) is 0 Å². The first-order valence-corrected chi connectivity index (χ1v) is 7.19. The lowest BCUT2D eigenvalue weighted by molar-refractivity contribution is 0.0592. The van der Waals surface area contributed by atoms with Crippen LogP contribution in [-0.2, 0) is 4.74 Å². The average Bonchev–Trinajstić information content (AvgIpc) is 2.45. The molecule has 0 fully saturated rings. The maximum Gasteiger partial charge on any atom is 0.354 e. The summed E-state index contributed by atoms with van der Waals surface area (Å²) >= 11 is 0. The van der Waals surface area contributed by atoms with Gasteiger partial charge in [-0.2, -0.15) is 0 Å². The molecule has 0 radical (unpaired) electrons. The molecule has 118 valence electrons. The Hall–Kier alpha value is -2.30. The van der Waals surface area contributed by atoms with Gasteiger partial charge in [0.15, 0.2) is 5.56 Å². The number of carbonyl (C=O) groups excluding carboxylic acids is 1. The van der Waals surface area contributed by atoms with E-state index in [-0.39, 0.29) is 17.6 Å². The van der Waals surface area contributed by atoms with Gasteiger partial charge in [0.25, 0.3) is 0 Å². The van der Waals surface area contributed by atoms with Gasteiger partial charge in [0.1, 0.15) is 11.3 Å². The van der Waals surface area contributed by atoms with E-state index in [0.717, 1.165) is 18.2 Å². The van der Waals surface area contributed by atoms with Gasteiger partial charge in [-0.05, 0) is 29.0 Å². The van der Waals surface area contributed by atoms with Gasteiger partial charge in [0.05, 0.1) is 12.5 Å². The quantitative estimate of drug-likeness (QED) is 0.693. The average molecular weight is 304 g/mol. The largest absolute Gasteiger partial charge is 0.506 e. The van der Waals surface area contributed by atoms with Gasteiger partial charge in [-0.1, -0.05) is 33.8 Å². The van der Waals surface area contributed by atoms with Crippen LogP contribution in [0.1, 0.15) is 61.0 Å². The lowest BCUT2D eigenvalue weighted by atomic mass is 9.92. The number of methoxy groups -OCH3 is 1. The molecule has 0 unspecified atom stereocenters. The molecule has 0 aliphatic rings. The van der Waals surface area contributed by atoms with Gasteiger partial charge in [0.2, 0.25) is 0 Å². The van der Waals surface area contributed by atoms with Crippen molar-refractivity contribution in [2.75, 3.05) is 7.11 Å². The zero-order valence-corrected chi connectivity index (χ0v) is 13.4. The Balaban J connectivity index is 2.94. The summed E-state index contributed by atoms with van der Waals surface area (Å²) in [6.45, 7) is 8.01. The normalized spacial score (nSPS) is 11.4. The first-order valence-electron chi connectivity index (χ1n) is 7.19. The molecular weight excluding hydrogens is 284 g/mol. The van der Waals surface area contributed by atoms with Crippen molar-refractivity contribution in [2.45, 2.75) is 39.5 Å². The van der Waals surface area contributed by atoms with Crippen LogP contribution in [0.4, 0.5) is 0 Å². The lowest BCUT2D eigenvalue weighted by Gasteiger charge is -2.15. The molecule has 0 amide bonds. The second-order valence-corrected chi connectivity index (χ2v) is 5.90. The molecule has 0 saturated carbocycles. The van der Waals surface area contributed by atoms with Crippen molar-refractivity contribution >= 4 is 16.9 Å². The molecule has 0 atom stereocenters. The van der Waals surface area contributed by atoms with Gasteiger partial charge in [-0.25, -0.2) is 9.59 Å². The highest BCUT2D eigenvalue weighted by Crippen LogP contribution is 2.35. The molecule has 0 aliphatic carbocycles. The fourth-order valence-electron chi connectivity index (χ4n) is 2.38. The third-order valence-electron chi connectivity index (χ3n) is 3.71. The van der Waals surface area contributed by atoms with E-state index in [1.165, 1.54) is 0 Å². The fourth-order valence-corrected chi connectivity index (χ4v) is 2.38. The van der Waals surface area contributed by atoms with E-state index < -0.39 is 17.2 Å². The minimum absolute atomic E-state index is 0.104. The minimum Gasteiger partial charge on any atom is -0.506 e. The Morgan fingerprint density at radius 1 is 1.18 bits per heavy atom. The van der Waals surface area contributed by atoms with Crippen LogP contribution < -0.4 is 5.63 Å². The monoisotopic (exact) mass is 304 g/mol. The molecule has 0 spiro atoms. The number of benzene rings is 1. The van der Waals surface area contributed by atoms with Crippen LogP contribution in [0, 0.1) is 0 Å². The second-order valence-electron chi connectivity index (χ2n) is 5.90. The molecule has 0 bridgehead atoms. The highest BCUT2D eigenvalue weighted by atomic mass is 16.5. The van der Waals surface area contributed by atoms with Gasteiger partial charge < -0.3 is 14.3 Å². The van der Waals surface area contributed by atoms with E-state index in [4.69, 9.17) is 4.42 Å². The van der Waals surface area contributed by atoms with Crippen molar-refractivity contribution in [1.29, 1.82) is 0 Å². The zero-order chi connectivity index (χ0) is 16.6. The number of carbonyl (C=O) groups is 1. The summed E-state index contributed by atoms with van der Waals surface area (Å²) < 4.78 is 9.85. The molecule has 2 aromatic rings. The van der Waals surface area contributed by atoms with Gasteiger partial charge >= 0.3 is 11.6 Å². The van der Waals surface area contributed by atoms with Gasteiger partial charge in [0, 0.05) is 0 Å². The van der Waals surface area contributed by atoms with E-state index >= 15 is 0 Å². The van der Waals surface area contributed by atoms with E-state index in [0.29, 0.717) is 11.0 Å². The molecule has 0 saturated heterocycles. The van der Waals surface area contributed by atoms with Crippen molar-refractivity contribution in [2.24, 2.45) is 0 Å². The Kier molecular flexibility index (Phi) is 4.26. The Morgan fingerprint density at radius 2 is 1.82 bits per heavy atom. The SMILES string of the molecule is COC(=O)c1c(O)c2cc(C(C)C)cc(C(C)C)c2oc1=O. The molecule has 5 heteroatoms. The molecule has 22 heavy (non-hydrogen) atoms. The van der Waals surface area contributed by atoms with Crippen molar-refractivity contribution in [3.63, 3.8) is 0 Å². The van der Waals surface area contributed by atoms with Gasteiger partial charge in [-0.15, -0.1) is 0 Å². The number of hydrogen-bond donors (Lipinski definition) is 1. The molecule has 5 nitrogen and oxygen atoms in total. The molecule has 0 aliphatic heterocycles. The van der Waals surface area contributed by atoms with Crippen LogP contribution in [0.25, 0.3) is 11.0 Å². The van der Waals surface area contributed by atoms with Crippen molar-refractivity contribution in [3.05, 3.63) is 39.2 Å². The van der Waals surface area contributed by atoms with Crippen LogP contribution in [0.3, 0.4) is 0 Å². The standard InChI is InChI=1S/C17H20O5/c1-8(2)10-6-11(9(3)4)15-12(7-10)14(18)13(16(19)21-5)17(20)22-15/h6-9,18H,1-5H3. The van der Waals surface area contributed by atoms with E-state index in [9.17, 15) is 14.7 Å². The first kappa shape index (κ1) is 16.1. The summed E-state index contributed by atoms with van der Waals surface area (Å²) in [7, 11) is 1.15. The smallest absolute Gasteiger partial charge is 0.354 e. The molecular formula is C17H20O5. The summed E-state index contributed by atoms with van der Waals surface area (Å²) in [6, 6.07) is 3.72. The third-order valence-corrected chi connectivity index (χ3v) is 3.71. The summed E-state index contributed by atoms with van der Waals surface area (Å²) in [5.41, 5.74) is 0.775. The van der Waals surface area contributed by atoms with Crippen molar-refractivity contribution < 1.29 is 19.1 Å². The van der Waals surface area contributed by atoms with Crippen LogP contribution in [0.15, 0.2) is 21.3 Å². The summed E-state index contributed by atoms with van der Waals surface area (Å²) in [5, 5.41) is 10.7. The molecule has 1 N–H and O–H groups in total. The zero-order valence-electron chi connectivity index (χ0n) is 13.4. The molecule has 1 aromatic carbocycles.